The summed E-state index contributed by atoms with van der Waals surface area (Å²) in [6, 6.07) is 12.3. The lowest BCUT2D eigenvalue weighted by molar-refractivity contribution is 0.102. The maximum Gasteiger partial charge on any atom is 0.255 e. The number of nitrogens with zero attached hydrogens (tertiary/aromatic N) is 2. The van der Waals surface area contributed by atoms with Crippen LogP contribution in [0.4, 0.5) is 5.69 Å². The molecule has 2 aromatic carbocycles. The predicted molar refractivity (Wildman–Crippen MR) is 131 cm³/mol. The summed E-state index contributed by atoms with van der Waals surface area (Å²) >= 11 is 0. The van der Waals surface area contributed by atoms with Crippen LogP contribution in [0.5, 0.6) is 17.2 Å². The van der Waals surface area contributed by atoms with E-state index in [2.05, 4.69) is 29.2 Å². The Hall–Kier alpha value is -3.52. The number of ether oxygens (including phenoxy) is 3. The number of anilines is 1. The van der Waals surface area contributed by atoms with Crippen molar-refractivity contribution in [2.75, 3.05) is 38.7 Å². The van der Waals surface area contributed by atoms with Crippen LogP contribution in [0.3, 0.4) is 0 Å². The van der Waals surface area contributed by atoms with Gasteiger partial charge in [-0.3, -0.25) is 4.79 Å². The van der Waals surface area contributed by atoms with Crippen LogP contribution >= 0.6 is 0 Å². The van der Waals surface area contributed by atoms with E-state index < -0.39 is 0 Å². The first kappa shape index (κ1) is 25.1. The van der Waals surface area contributed by atoms with Gasteiger partial charge in [-0.25, -0.2) is 0 Å². The smallest absolute Gasteiger partial charge is 0.255 e. The molecule has 0 bridgehead atoms. The zero-order valence-corrected chi connectivity index (χ0v) is 20.5. The number of aromatic nitrogens is 1. The largest absolute Gasteiger partial charge is 0.493 e. The van der Waals surface area contributed by atoms with Crippen LogP contribution in [0.15, 0.2) is 47.0 Å². The van der Waals surface area contributed by atoms with Gasteiger partial charge in [0.05, 0.1) is 18.4 Å². The Kier molecular flexibility index (Phi) is 8.93. The predicted octanol–water partition coefficient (Wildman–Crippen LogP) is 4.85. The van der Waals surface area contributed by atoms with E-state index in [0.717, 1.165) is 36.7 Å². The molecule has 0 atom stereocenters. The lowest BCUT2D eigenvalue weighted by Crippen LogP contribution is -2.28. The summed E-state index contributed by atoms with van der Waals surface area (Å²) in [5, 5.41) is 6.84. The topological polar surface area (TPSA) is 86.1 Å². The Morgan fingerprint density at radius 1 is 1.03 bits per heavy atom. The van der Waals surface area contributed by atoms with Gasteiger partial charge in [0, 0.05) is 23.9 Å². The Labute approximate surface area is 200 Å². The van der Waals surface area contributed by atoms with Crippen molar-refractivity contribution in [2.24, 2.45) is 0 Å². The highest BCUT2D eigenvalue weighted by Gasteiger charge is 2.12. The molecule has 1 amide bonds. The van der Waals surface area contributed by atoms with Gasteiger partial charge in [-0.1, -0.05) is 19.0 Å². The summed E-state index contributed by atoms with van der Waals surface area (Å²) < 4.78 is 22.3. The molecule has 3 rings (SSSR count). The van der Waals surface area contributed by atoms with E-state index in [1.165, 1.54) is 0 Å². The molecule has 1 N–H and O–H groups in total. The quantitative estimate of drug-likeness (QED) is 0.407. The van der Waals surface area contributed by atoms with Gasteiger partial charge in [0.15, 0.2) is 11.5 Å². The summed E-state index contributed by atoms with van der Waals surface area (Å²) in [6.45, 7) is 11.6. The Bertz CT molecular complexity index is 1060. The van der Waals surface area contributed by atoms with Crippen LogP contribution in [0.2, 0.25) is 0 Å². The standard InChI is InChI=1S/C26H33N3O5/c1-6-29(7-2)14-15-32-25-16-21(10-13-24(25)31-5)27-26(30)20-8-11-22(12-9-20)33-17-23-18(3)28-34-19(23)4/h8-13,16H,6-7,14-15,17H2,1-5H3,(H,27,30). The Morgan fingerprint density at radius 2 is 1.76 bits per heavy atom. The second kappa shape index (κ2) is 12.1. The van der Waals surface area contributed by atoms with Crippen LogP contribution in [0.25, 0.3) is 0 Å². The molecular formula is C26H33N3O5. The number of rotatable bonds is 12. The first-order valence-corrected chi connectivity index (χ1v) is 11.4. The highest BCUT2D eigenvalue weighted by Crippen LogP contribution is 2.30. The molecule has 3 aromatic rings. The fraction of sp³-hybridized carbons (Fsp3) is 0.385. The van der Waals surface area contributed by atoms with Gasteiger partial charge >= 0.3 is 0 Å². The van der Waals surface area contributed by atoms with Gasteiger partial charge in [0.25, 0.3) is 5.91 Å². The average Bonchev–Trinajstić information content (AvgIpc) is 3.18. The number of carbonyl (C=O) groups is 1. The molecule has 0 spiro atoms. The second-order valence-electron chi connectivity index (χ2n) is 7.81. The summed E-state index contributed by atoms with van der Waals surface area (Å²) in [6.07, 6.45) is 0. The maximum absolute atomic E-state index is 12.8. The minimum Gasteiger partial charge on any atom is -0.493 e. The van der Waals surface area contributed by atoms with Crippen molar-refractivity contribution in [1.29, 1.82) is 0 Å². The number of benzene rings is 2. The van der Waals surface area contributed by atoms with E-state index in [9.17, 15) is 4.79 Å². The molecule has 0 aliphatic rings. The molecule has 182 valence electrons. The Balaban J connectivity index is 1.59. The first-order chi connectivity index (χ1) is 16.4. The number of hydrogen-bond acceptors (Lipinski definition) is 7. The monoisotopic (exact) mass is 467 g/mol. The first-order valence-electron chi connectivity index (χ1n) is 11.4. The van der Waals surface area contributed by atoms with Crippen LogP contribution < -0.4 is 19.5 Å². The molecular weight excluding hydrogens is 434 g/mol. The molecule has 8 nitrogen and oxygen atoms in total. The van der Waals surface area contributed by atoms with Crippen molar-refractivity contribution >= 4 is 11.6 Å². The number of aryl methyl sites for hydroxylation is 2. The number of likely N-dealkylation sites (N-methyl/N-ethyl adjacent to an activating group) is 1. The number of hydrogen-bond donors (Lipinski definition) is 1. The van der Waals surface area contributed by atoms with E-state index in [-0.39, 0.29) is 5.91 Å². The van der Waals surface area contributed by atoms with E-state index >= 15 is 0 Å². The number of carbonyl (C=O) groups excluding carboxylic acids is 1. The fourth-order valence-electron chi connectivity index (χ4n) is 3.46. The van der Waals surface area contributed by atoms with E-state index in [1.54, 1.807) is 49.6 Å². The van der Waals surface area contributed by atoms with E-state index in [1.807, 2.05) is 13.8 Å². The minimum absolute atomic E-state index is 0.225. The van der Waals surface area contributed by atoms with Gasteiger partial charge in [0.1, 0.15) is 24.7 Å². The molecule has 1 heterocycles. The van der Waals surface area contributed by atoms with Crippen LogP contribution in [-0.4, -0.2) is 49.3 Å². The third-order valence-electron chi connectivity index (χ3n) is 5.66. The number of amides is 1. The van der Waals surface area contributed by atoms with Gasteiger partial charge in [-0.2, -0.15) is 0 Å². The van der Waals surface area contributed by atoms with E-state index in [4.69, 9.17) is 18.7 Å². The van der Waals surface area contributed by atoms with Crippen molar-refractivity contribution in [1.82, 2.24) is 10.1 Å². The van der Waals surface area contributed by atoms with Crippen molar-refractivity contribution in [2.45, 2.75) is 34.3 Å². The minimum atomic E-state index is -0.225. The van der Waals surface area contributed by atoms with Crippen LogP contribution in [0, 0.1) is 13.8 Å². The molecule has 8 heteroatoms. The molecule has 0 saturated carbocycles. The zero-order chi connectivity index (χ0) is 24.5. The fourth-order valence-corrected chi connectivity index (χ4v) is 3.46. The van der Waals surface area contributed by atoms with Gasteiger partial charge in [-0.15, -0.1) is 0 Å². The molecule has 0 fully saturated rings. The molecule has 0 aliphatic carbocycles. The normalized spacial score (nSPS) is 10.9. The number of nitrogens with one attached hydrogen (secondary N) is 1. The highest BCUT2D eigenvalue weighted by atomic mass is 16.5. The van der Waals surface area contributed by atoms with Gasteiger partial charge < -0.3 is 29.0 Å². The summed E-state index contributed by atoms with van der Waals surface area (Å²) in [5.74, 6) is 2.39. The van der Waals surface area contributed by atoms with Gasteiger partial charge in [0.2, 0.25) is 0 Å². The van der Waals surface area contributed by atoms with Crippen molar-refractivity contribution in [3.05, 3.63) is 65.0 Å². The van der Waals surface area contributed by atoms with Crippen LogP contribution in [0.1, 0.15) is 41.2 Å². The molecule has 0 saturated heterocycles. The van der Waals surface area contributed by atoms with Crippen molar-refractivity contribution in [3.8, 4) is 17.2 Å². The summed E-state index contributed by atoms with van der Waals surface area (Å²) in [7, 11) is 1.60. The molecule has 0 radical (unpaired) electrons. The van der Waals surface area contributed by atoms with Crippen molar-refractivity contribution in [3.63, 3.8) is 0 Å². The summed E-state index contributed by atoms with van der Waals surface area (Å²) in [5.41, 5.74) is 2.88. The molecule has 0 unspecified atom stereocenters. The van der Waals surface area contributed by atoms with Gasteiger partial charge in [-0.05, 0) is 63.3 Å². The zero-order valence-electron chi connectivity index (χ0n) is 20.5. The second-order valence-corrected chi connectivity index (χ2v) is 7.81. The molecule has 1 aromatic heterocycles. The highest BCUT2D eigenvalue weighted by molar-refractivity contribution is 6.04. The SMILES string of the molecule is CCN(CC)CCOc1cc(NC(=O)c2ccc(OCc3c(C)noc3C)cc2)ccc1OC. The lowest BCUT2D eigenvalue weighted by Gasteiger charge is -2.19. The Morgan fingerprint density at radius 3 is 2.38 bits per heavy atom. The summed E-state index contributed by atoms with van der Waals surface area (Å²) in [4.78, 5) is 15.0. The number of methoxy groups -OCH3 is 1. The third-order valence-corrected chi connectivity index (χ3v) is 5.66. The van der Waals surface area contributed by atoms with Crippen molar-refractivity contribution < 1.29 is 23.5 Å². The maximum atomic E-state index is 12.8. The van der Waals surface area contributed by atoms with E-state index in [0.29, 0.717) is 41.7 Å². The van der Waals surface area contributed by atoms with Crippen LogP contribution in [-0.2, 0) is 6.61 Å². The lowest BCUT2D eigenvalue weighted by atomic mass is 10.2. The molecule has 34 heavy (non-hydrogen) atoms. The molecule has 0 aliphatic heterocycles. The third kappa shape index (κ3) is 6.51. The average molecular weight is 468 g/mol.